The summed E-state index contributed by atoms with van der Waals surface area (Å²) in [6, 6.07) is 0. The lowest BCUT2D eigenvalue weighted by molar-refractivity contribution is -1.91. The first kappa shape index (κ1) is 9.53. The summed E-state index contributed by atoms with van der Waals surface area (Å²) in [4.78, 5) is 0.937. The standard InChI is InChI=1S/C4H5ClO4S2/c1-4-2-11(3-10-4)9-5(6,7)8/h2-3H,1H3. The van der Waals surface area contributed by atoms with Crippen molar-refractivity contribution in [3.05, 3.63) is 10.3 Å². The third-order valence-corrected chi connectivity index (χ3v) is 4.33. The van der Waals surface area contributed by atoms with Crippen molar-refractivity contribution in [2.45, 2.75) is 6.92 Å². The van der Waals surface area contributed by atoms with E-state index in [4.69, 9.17) is 0 Å². The fraction of sp³-hybridized carbons (Fsp3) is 0.250. The summed E-state index contributed by atoms with van der Waals surface area (Å²) in [7, 11) is -5.26. The van der Waals surface area contributed by atoms with Crippen LogP contribution in [0.2, 0.25) is 0 Å². The minimum Gasteiger partial charge on any atom is -0.182 e. The molecule has 1 aliphatic rings. The van der Waals surface area contributed by atoms with Crippen LogP contribution in [0.1, 0.15) is 6.92 Å². The van der Waals surface area contributed by atoms with Gasteiger partial charge in [0.1, 0.15) is 14.5 Å². The molecule has 4 nitrogen and oxygen atoms in total. The van der Waals surface area contributed by atoms with E-state index in [1.165, 1.54) is 11.8 Å². The van der Waals surface area contributed by atoms with Gasteiger partial charge in [-0.3, -0.25) is 0 Å². The molecule has 7 heteroatoms. The number of rotatable bonds is 2. The molecule has 0 bridgehead atoms. The van der Waals surface area contributed by atoms with Crippen LogP contribution in [0.25, 0.3) is 0 Å². The van der Waals surface area contributed by atoms with Gasteiger partial charge in [-0.05, 0) is 11.8 Å². The number of halogens is 1. The molecule has 1 rings (SSSR count). The Balaban J connectivity index is 2.53. The zero-order chi connectivity index (χ0) is 8.48. The second-order valence-electron chi connectivity index (χ2n) is 1.71. The molecule has 0 amide bonds. The van der Waals surface area contributed by atoms with Crippen molar-refractivity contribution in [1.82, 2.24) is 0 Å². The van der Waals surface area contributed by atoms with Crippen molar-refractivity contribution in [3.8, 4) is 0 Å². The fourth-order valence-electron chi connectivity index (χ4n) is 0.465. The van der Waals surface area contributed by atoms with Gasteiger partial charge in [-0.1, -0.05) is 11.8 Å². The van der Waals surface area contributed by atoms with Crippen LogP contribution in [0.15, 0.2) is 10.3 Å². The van der Waals surface area contributed by atoms with Crippen LogP contribution in [0, 0.1) is 10.2 Å². The largest absolute Gasteiger partial charge is 0.182 e. The van der Waals surface area contributed by atoms with Crippen molar-refractivity contribution in [3.63, 3.8) is 0 Å². The lowest BCUT2D eigenvalue weighted by atomic mass is 10.8. The Bertz CT molecular complexity index is 219. The molecule has 1 unspecified atom stereocenters. The van der Waals surface area contributed by atoms with Crippen molar-refractivity contribution in [2.24, 2.45) is 0 Å². The number of allylic oxidation sites excluding steroid dienone is 1. The summed E-state index contributed by atoms with van der Waals surface area (Å²) in [5, 5.41) is 1.59. The first-order valence-corrected chi connectivity index (χ1v) is 5.87. The summed E-state index contributed by atoms with van der Waals surface area (Å²) in [5.41, 5.74) is 0. The van der Waals surface area contributed by atoms with Crippen LogP contribution in [-0.4, -0.2) is 4.70 Å². The monoisotopic (exact) mass is 216 g/mol. The molecule has 0 spiro atoms. The third-order valence-electron chi connectivity index (χ3n) is 0.761. The first-order chi connectivity index (χ1) is 4.97. The Morgan fingerprint density at radius 3 is 2.55 bits per heavy atom. The van der Waals surface area contributed by atoms with Gasteiger partial charge in [-0.25, -0.2) is 0 Å². The smallest absolute Gasteiger partial charge is 0.141 e. The molecular weight excluding hydrogens is 212 g/mol. The van der Waals surface area contributed by atoms with E-state index in [1.54, 1.807) is 10.1 Å². The molecule has 11 heavy (non-hydrogen) atoms. The number of hydrogen-bond donors (Lipinski definition) is 0. The molecule has 1 atom stereocenters. The van der Waals surface area contributed by atoms with Crippen molar-refractivity contribution < 1.29 is 28.0 Å². The number of hydrogen-bond acceptors (Lipinski definition) is 5. The zero-order valence-corrected chi connectivity index (χ0v) is 7.87. The molecule has 0 N–H and O–H groups in total. The maximum Gasteiger partial charge on any atom is 0.141 e. The van der Waals surface area contributed by atoms with Crippen LogP contribution in [0.5, 0.6) is 0 Å². The molecule has 0 saturated carbocycles. The topological polar surface area (TPSA) is 78.4 Å². The SMILES string of the molecule is CC1=CS(O[Cl+3]([O-])([O-])[O-])=CS1. The van der Waals surface area contributed by atoms with Crippen molar-refractivity contribution in [2.75, 3.05) is 0 Å². The van der Waals surface area contributed by atoms with Gasteiger partial charge < -0.3 is 0 Å². The summed E-state index contributed by atoms with van der Waals surface area (Å²) >= 11 is 1.36. The molecule has 0 aromatic rings. The van der Waals surface area contributed by atoms with E-state index in [0.717, 1.165) is 4.91 Å². The van der Waals surface area contributed by atoms with Gasteiger partial charge in [0.2, 0.25) is 0 Å². The summed E-state index contributed by atoms with van der Waals surface area (Å²) in [6.07, 6.45) is 0. The maximum atomic E-state index is 10.0. The number of thioether (sulfide) groups is 1. The van der Waals surface area contributed by atoms with Crippen molar-refractivity contribution in [1.29, 1.82) is 0 Å². The normalized spacial score (nSPS) is 24.7. The first-order valence-electron chi connectivity index (χ1n) is 2.48. The summed E-state index contributed by atoms with van der Waals surface area (Å²) in [5.74, 6) is 0. The highest BCUT2D eigenvalue weighted by molar-refractivity contribution is 8.35. The maximum absolute atomic E-state index is 10.0. The van der Waals surface area contributed by atoms with Gasteiger partial charge in [0.25, 0.3) is 0 Å². The van der Waals surface area contributed by atoms with E-state index in [2.05, 4.69) is 3.74 Å². The van der Waals surface area contributed by atoms with Gasteiger partial charge in [-0.15, -0.1) is 0 Å². The Labute approximate surface area is 72.7 Å². The van der Waals surface area contributed by atoms with Crippen LogP contribution in [0.4, 0.5) is 0 Å². The van der Waals surface area contributed by atoms with Crippen molar-refractivity contribution >= 4 is 27.2 Å². The molecular formula is C4H5ClO4S2. The predicted octanol–water partition coefficient (Wildman–Crippen LogP) is -1.55. The van der Waals surface area contributed by atoms with E-state index in [-0.39, 0.29) is 0 Å². The highest BCUT2D eigenvalue weighted by Crippen LogP contribution is 2.34. The molecule has 0 fully saturated rings. The van der Waals surface area contributed by atoms with E-state index in [1.807, 2.05) is 6.92 Å². The molecule has 1 heterocycles. The zero-order valence-electron chi connectivity index (χ0n) is 5.48. The molecule has 64 valence electrons. The Kier molecular flexibility index (Phi) is 2.98. The van der Waals surface area contributed by atoms with Gasteiger partial charge in [0.05, 0.1) is 10.2 Å². The highest BCUT2D eigenvalue weighted by Gasteiger charge is 2.22. The van der Waals surface area contributed by atoms with Crippen LogP contribution < -0.4 is 14.0 Å². The molecule has 0 saturated heterocycles. The highest BCUT2D eigenvalue weighted by atomic mass is 35.7. The molecule has 0 aromatic heterocycles. The Morgan fingerprint density at radius 1 is 1.55 bits per heavy atom. The second-order valence-corrected chi connectivity index (χ2v) is 5.51. The molecule has 0 aliphatic carbocycles. The average molecular weight is 217 g/mol. The van der Waals surface area contributed by atoms with E-state index in [9.17, 15) is 14.0 Å². The minimum absolute atomic E-state index is 0.937. The third kappa shape index (κ3) is 3.57. The summed E-state index contributed by atoms with van der Waals surface area (Å²) in [6.45, 7) is 1.81. The molecule has 1 aliphatic heterocycles. The van der Waals surface area contributed by atoms with Gasteiger partial charge in [0, 0.05) is 10.1 Å². The fourth-order valence-corrected chi connectivity index (χ4v) is 3.75. The lowest BCUT2D eigenvalue weighted by Crippen LogP contribution is -2.60. The Hall–Kier alpha value is 0.440. The van der Waals surface area contributed by atoms with Crippen LogP contribution in [-0.2, 0) is 3.74 Å². The van der Waals surface area contributed by atoms with Gasteiger partial charge in [0.15, 0.2) is 0 Å². The second kappa shape index (κ2) is 3.44. The molecule has 0 radical (unpaired) electrons. The quantitative estimate of drug-likeness (QED) is 0.523. The van der Waals surface area contributed by atoms with E-state index < -0.39 is 21.0 Å². The summed E-state index contributed by atoms with van der Waals surface area (Å²) < 4.78 is 35.8. The molecule has 0 aromatic carbocycles. The van der Waals surface area contributed by atoms with E-state index in [0.29, 0.717) is 0 Å². The lowest BCUT2D eigenvalue weighted by Gasteiger charge is -2.10. The van der Waals surface area contributed by atoms with Gasteiger partial charge in [-0.2, -0.15) is 14.0 Å². The Morgan fingerprint density at radius 2 is 2.18 bits per heavy atom. The predicted molar refractivity (Wildman–Crippen MR) is 36.1 cm³/mol. The van der Waals surface area contributed by atoms with Crippen LogP contribution >= 0.6 is 22.5 Å². The minimum atomic E-state index is -4.30. The van der Waals surface area contributed by atoms with Gasteiger partial charge >= 0.3 is 0 Å². The van der Waals surface area contributed by atoms with Crippen LogP contribution in [0.3, 0.4) is 0 Å². The van der Waals surface area contributed by atoms with E-state index >= 15 is 0 Å². The average Bonchev–Trinajstić information content (AvgIpc) is 2.10.